The maximum absolute atomic E-state index is 13.1. The molecular formula is C12H15FN2O. The maximum Gasteiger partial charge on any atom is 0.123 e. The topological polar surface area (TPSA) is 47.3 Å². The molecule has 4 heteroatoms. The summed E-state index contributed by atoms with van der Waals surface area (Å²) in [6.07, 6.45) is 3.61. The molecule has 2 rings (SSSR count). The van der Waals surface area contributed by atoms with Crippen LogP contribution in [0.4, 0.5) is 4.39 Å². The van der Waals surface area contributed by atoms with Crippen LogP contribution in [0, 0.1) is 5.82 Å². The van der Waals surface area contributed by atoms with Crippen molar-refractivity contribution in [3.63, 3.8) is 0 Å². The van der Waals surface area contributed by atoms with Gasteiger partial charge in [-0.1, -0.05) is 12.1 Å². The van der Waals surface area contributed by atoms with Gasteiger partial charge in [0.2, 0.25) is 0 Å². The third kappa shape index (κ3) is 2.40. The molecule has 3 N–H and O–H groups in total. The smallest absolute Gasteiger partial charge is 0.123 e. The Morgan fingerprint density at radius 1 is 1.44 bits per heavy atom. The van der Waals surface area contributed by atoms with Crippen LogP contribution in [0.3, 0.4) is 0 Å². The van der Waals surface area contributed by atoms with Crippen LogP contribution in [-0.4, -0.2) is 6.61 Å². The molecule has 86 valence electrons. The van der Waals surface area contributed by atoms with Gasteiger partial charge >= 0.3 is 0 Å². The molecule has 1 aromatic carbocycles. The highest BCUT2D eigenvalue weighted by Crippen LogP contribution is 2.27. The third-order valence-corrected chi connectivity index (χ3v) is 2.68. The fourth-order valence-corrected chi connectivity index (χ4v) is 1.90. The Labute approximate surface area is 94.1 Å². The van der Waals surface area contributed by atoms with Gasteiger partial charge in [-0.25, -0.2) is 9.82 Å². The van der Waals surface area contributed by atoms with Crippen LogP contribution in [0.5, 0.6) is 0 Å². The molecule has 1 aromatic rings. The van der Waals surface area contributed by atoms with Crippen molar-refractivity contribution in [3.8, 4) is 0 Å². The summed E-state index contributed by atoms with van der Waals surface area (Å²) in [4.78, 5) is 0. The number of rotatable bonds is 3. The number of nitrogens with one attached hydrogen (secondary N) is 1. The van der Waals surface area contributed by atoms with E-state index < -0.39 is 0 Å². The van der Waals surface area contributed by atoms with Crippen LogP contribution in [0.1, 0.15) is 24.4 Å². The summed E-state index contributed by atoms with van der Waals surface area (Å²) in [5.41, 5.74) is 4.57. The van der Waals surface area contributed by atoms with Gasteiger partial charge in [0.25, 0.3) is 0 Å². The number of halogens is 1. The highest BCUT2D eigenvalue weighted by Gasteiger charge is 2.17. The van der Waals surface area contributed by atoms with E-state index in [0.29, 0.717) is 0 Å². The molecule has 0 aliphatic carbocycles. The highest BCUT2D eigenvalue weighted by atomic mass is 19.1. The minimum Gasteiger partial charge on any atom is -0.501 e. The SMILES string of the molecule is NNC(C1=COCCC1)c1cccc(F)c1. The summed E-state index contributed by atoms with van der Waals surface area (Å²) < 4.78 is 18.4. The van der Waals surface area contributed by atoms with Gasteiger partial charge in [0.1, 0.15) is 5.82 Å². The summed E-state index contributed by atoms with van der Waals surface area (Å²) >= 11 is 0. The second kappa shape index (κ2) is 5.09. The molecule has 0 amide bonds. The molecule has 1 unspecified atom stereocenters. The standard InChI is InChI=1S/C12H15FN2O/c13-11-5-1-3-9(7-11)12(15-14)10-4-2-6-16-8-10/h1,3,5,7-8,12,15H,2,4,6,14H2. The molecule has 3 nitrogen and oxygen atoms in total. The van der Waals surface area contributed by atoms with E-state index >= 15 is 0 Å². The van der Waals surface area contributed by atoms with Crippen LogP contribution in [0.15, 0.2) is 36.1 Å². The first-order valence-corrected chi connectivity index (χ1v) is 5.33. The molecule has 0 saturated heterocycles. The maximum atomic E-state index is 13.1. The third-order valence-electron chi connectivity index (χ3n) is 2.68. The van der Waals surface area contributed by atoms with Crippen LogP contribution >= 0.6 is 0 Å². The van der Waals surface area contributed by atoms with Crippen molar-refractivity contribution in [2.45, 2.75) is 18.9 Å². The lowest BCUT2D eigenvalue weighted by Crippen LogP contribution is -2.30. The fraction of sp³-hybridized carbons (Fsp3) is 0.333. The van der Waals surface area contributed by atoms with Crippen LogP contribution in [0.25, 0.3) is 0 Å². The zero-order chi connectivity index (χ0) is 11.4. The van der Waals surface area contributed by atoms with Gasteiger partial charge in [0.05, 0.1) is 18.9 Å². The first-order valence-electron chi connectivity index (χ1n) is 5.33. The monoisotopic (exact) mass is 222 g/mol. The summed E-state index contributed by atoms with van der Waals surface area (Å²) in [5.74, 6) is 5.26. The average Bonchev–Trinajstić information content (AvgIpc) is 2.31. The van der Waals surface area contributed by atoms with Crippen molar-refractivity contribution in [2.75, 3.05) is 6.61 Å². The van der Waals surface area contributed by atoms with E-state index in [9.17, 15) is 4.39 Å². The average molecular weight is 222 g/mol. The van der Waals surface area contributed by atoms with Gasteiger partial charge in [0, 0.05) is 0 Å². The summed E-state index contributed by atoms with van der Waals surface area (Å²) in [5, 5.41) is 0. The highest BCUT2D eigenvalue weighted by molar-refractivity contribution is 5.28. The first kappa shape index (κ1) is 11.1. The fourth-order valence-electron chi connectivity index (χ4n) is 1.90. The van der Waals surface area contributed by atoms with Gasteiger partial charge < -0.3 is 4.74 Å². The van der Waals surface area contributed by atoms with Crippen molar-refractivity contribution >= 4 is 0 Å². The second-order valence-corrected chi connectivity index (χ2v) is 3.82. The lowest BCUT2D eigenvalue weighted by molar-refractivity contribution is 0.219. The van der Waals surface area contributed by atoms with Crippen molar-refractivity contribution < 1.29 is 9.13 Å². The predicted octanol–water partition coefficient (Wildman–Crippen LogP) is 2.02. The molecule has 0 radical (unpaired) electrons. The number of hydrogen-bond acceptors (Lipinski definition) is 3. The summed E-state index contributed by atoms with van der Waals surface area (Å²) in [6, 6.07) is 6.27. The Hall–Kier alpha value is -1.39. The minimum atomic E-state index is -0.255. The van der Waals surface area contributed by atoms with Crippen molar-refractivity contribution in [3.05, 3.63) is 47.5 Å². The summed E-state index contributed by atoms with van der Waals surface area (Å²) in [7, 11) is 0. The molecule has 0 aromatic heterocycles. The van der Waals surface area contributed by atoms with E-state index in [1.165, 1.54) is 12.1 Å². The van der Waals surface area contributed by atoms with Crippen LogP contribution in [-0.2, 0) is 4.74 Å². The van der Waals surface area contributed by atoms with Crippen LogP contribution < -0.4 is 11.3 Å². The molecule has 1 atom stereocenters. The van der Waals surface area contributed by atoms with Gasteiger partial charge in [-0.3, -0.25) is 5.84 Å². The van der Waals surface area contributed by atoms with E-state index in [2.05, 4.69) is 5.43 Å². The molecule has 0 bridgehead atoms. The number of benzene rings is 1. The minimum absolute atomic E-state index is 0.170. The van der Waals surface area contributed by atoms with Crippen molar-refractivity contribution in [1.29, 1.82) is 0 Å². The summed E-state index contributed by atoms with van der Waals surface area (Å²) in [6.45, 7) is 0.740. The molecule has 1 aliphatic rings. The molecule has 0 spiro atoms. The van der Waals surface area contributed by atoms with Gasteiger partial charge in [0.15, 0.2) is 0 Å². The molecule has 0 saturated carbocycles. The van der Waals surface area contributed by atoms with E-state index in [-0.39, 0.29) is 11.9 Å². The molecule has 1 aliphatic heterocycles. The number of hydrazine groups is 1. The molecule has 0 fully saturated rings. The second-order valence-electron chi connectivity index (χ2n) is 3.82. The molecular weight excluding hydrogens is 207 g/mol. The van der Waals surface area contributed by atoms with E-state index in [0.717, 1.165) is 30.6 Å². The Bertz CT molecular complexity index is 392. The lowest BCUT2D eigenvalue weighted by atomic mass is 9.96. The Balaban J connectivity index is 2.25. The Kier molecular flexibility index (Phi) is 3.54. The van der Waals surface area contributed by atoms with Gasteiger partial charge in [-0.05, 0) is 36.1 Å². The lowest BCUT2D eigenvalue weighted by Gasteiger charge is -2.22. The number of ether oxygens (including phenoxy) is 1. The van der Waals surface area contributed by atoms with Crippen LogP contribution in [0.2, 0.25) is 0 Å². The van der Waals surface area contributed by atoms with E-state index in [1.54, 1.807) is 12.3 Å². The largest absolute Gasteiger partial charge is 0.501 e. The normalized spacial score (nSPS) is 17.5. The molecule has 1 heterocycles. The zero-order valence-corrected chi connectivity index (χ0v) is 8.95. The van der Waals surface area contributed by atoms with Crippen molar-refractivity contribution in [2.24, 2.45) is 5.84 Å². The quantitative estimate of drug-likeness (QED) is 0.607. The van der Waals surface area contributed by atoms with Gasteiger partial charge in [-0.2, -0.15) is 0 Å². The Morgan fingerprint density at radius 2 is 2.31 bits per heavy atom. The Morgan fingerprint density at radius 3 is 2.94 bits per heavy atom. The zero-order valence-electron chi connectivity index (χ0n) is 8.95. The van der Waals surface area contributed by atoms with Crippen molar-refractivity contribution in [1.82, 2.24) is 5.43 Å². The van der Waals surface area contributed by atoms with Gasteiger partial charge in [-0.15, -0.1) is 0 Å². The predicted molar refractivity (Wildman–Crippen MR) is 59.7 cm³/mol. The molecule has 16 heavy (non-hydrogen) atoms. The first-order chi connectivity index (χ1) is 7.81. The van der Waals surface area contributed by atoms with E-state index in [1.807, 2.05) is 6.07 Å². The number of nitrogens with two attached hydrogens (primary N) is 1. The van der Waals surface area contributed by atoms with E-state index in [4.69, 9.17) is 10.6 Å². The number of hydrogen-bond donors (Lipinski definition) is 2.